The largest absolute Gasteiger partial charge is 0.330 e. The van der Waals surface area contributed by atoms with E-state index in [1.807, 2.05) is 36.5 Å². The number of aromatic amines is 1. The van der Waals surface area contributed by atoms with E-state index in [2.05, 4.69) is 46.5 Å². The number of nitrogens with zero attached hydrogens (tertiary/aromatic N) is 4. The molecular formula is C22H27N5O. The van der Waals surface area contributed by atoms with Crippen molar-refractivity contribution in [2.24, 2.45) is 7.05 Å². The van der Waals surface area contributed by atoms with Gasteiger partial charge in [-0.3, -0.25) is 14.6 Å². The minimum absolute atomic E-state index is 0.0139. The molecule has 0 unspecified atom stereocenters. The maximum absolute atomic E-state index is 13.2. The zero-order valence-corrected chi connectivity index (χ0v) is 17.0. The van der Waals surface area contributed by atoms with Crippen LogP contribution in [-0.4, -0.2) is 36.8 Å². The van der Waals surface area contributed by atoms with E-state index in [9.17, 15) is 4.79 Å². The van der Waals surface area contributed by atoms with Gasteiger partial charge < -0.3 is 4.90 Å². The lowest BCUT2D eigenvalue weighted by Gasteiger charge is -2.22. The molecule has 1 aliphatic carbocycles. The van der Waals surface area contributed by atoms with Crippen molar-refractivity contribution in [2.45, 2.75) is 52.6 Å². The van der Waals surface area contributed by atoms with E-state index in [0.717, 1.165) is 47.5 Å². The van der Waals surface area contributed by atoms with Gasteiger partial charge in [0, 0.05) is 30.9 Å². The Labute approximate surface area is 165 Å². The van der Waals surface area contributed by atoms with Crippen molar-refractivity contribution in [3.05, 3.63) is 58.5 Å². The predicted molar refractivity (Wildman–Crippen MR) is 109 cm³/mol. The summed E-state index contributed by atoms with van der Waals surface area (Å²) in [5.41, 5.74) is 6.73. The smallest absolute Gasteiger partial charge is 0.272 e. The molecule has 0 atom stereocenters. The highest BCUT2D eigenvalue weighted by Crippen LogP contribution is 2.31. The molecule has 0 radical (unpaired) electrons. The fraction of sp³-hybridized carbons (Fsp3) is 0.409. The average Bonchev–Trinajstić information content (AvgIpc) is 3.36. The number of amides is 1. The SMILES string of the molecule is CCc1ccc(CN(C(=O)c2cc(-c3c(C)nn(C)c3C)n[nH]2)C2CC2)cc1. The molecule has 0 aliphatic heterocycles. The van der Waals surface area contributed by atoms with Crippen LogP contribution >= 0.6 is 0 Å². The highest BCUT2D eigenvalue weighted by molar-refractivity contribution is 5.94. The van der Waals surface area contributed by atoms with Crippen LogP contribution in [0, 0.1) is 13.8 Å². The molecule has 1 fully saturated rings. The van der Waals surface area contributed by atoms with Gasteiger partial charge in [-0.25, -0.2) is 0 Å². The Morgan fingerprint density at radius 2 is 1.89 bits per heavy atom. The van der Waals surface area contributed by atoms with E-state index >= 15 is 0 Å². The second-order valence-electron chi connectivity index (χ2n) is 7.67. The van der Waals surface area contributed by atoms with Gasteiger partial charge in [-0.05, 0) is 50.3 Å². The number of carbonyl (C=O) groups is 1. The molecule has 0 spiro atoms. The predicted octanol–water partition coefficient (Wildman–Crippen LogP) is 3.79. The second-order valence-corrected chi connectivity index (χ2v) is 7.67. The second kappa shape index (κ2) is 7.26. The monoisotopic (exact) mass is 377 g/mol. The quantitative estimate of drug-likeness (QED) is 0.711. The third-order valence-electron chi connectivity index (χ3n) is 5.61. The van der Waals surface area contributed by atoms with Crippen LogP contribution in [0.3, 0.4) is 0 Å². The number of benzene rings is 1. The van der Waals surface area contributed by atoms with Crippen LogP contribution < -0.4 is 0 Å². The van der Waals surface area contributed by atoms with Crippen LogP contribution in [0.15, 0.2) is 30.3 Å². The van der Waals surface area contributed by atoms with Crippen molar-refractivity contribution in [1.82, 2.24) is 24.9 Å². The van der Waals surface area contributed by atoms with Crippen molar-refractivity contribution in [3.63, 3.8) is 0 Å². The lowest BCUT2D eigenvalue weighted by molar-refractivity contribution is 0.0724. The van der Waals surface area contributed by atoms with Crippen molar-refractivity contribution < 1.29 is 4.79 Å². The van der Waals surface area contributed by atoms with Crippen LogP contribution in [0.1, 0.15) is 52.8 Å². The van der Waals surface area contributed by atoms with Gasteiger partial charge in [0.1, 0.15) is 5.69 Å². The van der Waals surface area contributed by atoms with Crippen molar-refractivity contribution in [3.8, 4) is 11.3 Å². The van der Waals surface area contributed by atoms with E-state index < -0.39 is 0 Å². The average molecular weight is 377 g/mol. The first kappa shape index (κ1) is 18.5. The molecule has 6 nitrogen and oxygen atoms in total. The number of rotatable bonds is 6. The Morgan fingerprint density at radius 1 is 1.21 bits per heavy atom. The van der Waals surface area contributed by atoms with E-state index in [-0.39, 0.29) is 5.91 Å². The fourth-order valence-corrected chi connectivity index (χ4v) is 3.69. The molecule has 1 amide bonds. The van der Waals surface area contributed by atoms with Gasteiger partial charge in [0.05, 0.1) is 11.4 Å². The molecule has 1 aromatic carbocycles. The first-order valence-electron chi connectivity index (χ1n) is 9.92. The number of hydrogen-bond acceptors (Lipinski definition) is 3. The van der Waals surface area contributed by atoms with Gasteiger partial charge >= 0.3 is 0 Å². The zero-order chi connectivity index (χ0) is 19.8. The number of carbonyl (C=O) groups excluding carboxylic acids is 1. The molecule has 1 aliphatic rings. The standard InChI is InChI=1S/C22H27N5O/c1-5-16-6-8-17(9-7-16)13-27(18-10-11-18)22(28)20-12-19(23-24-20)21-14(2)25-26(4)15(21)3/h6-9,12,18H,5,10-11,13H2,1-4H3,(H,23,24). The lowest BCUT2D eigenvalue weighted by Crippen LogP contribution is -2.32. The minimum Gasteiger partial charge on any atom is -0.330 e. The third kappa shape index (κ3) is 3.46. The highest BCUT2D eigenvalue weighted by Gasteiger charge is 2.34. The molecule has 146 valence electrons. The highest BCUT2D eigenvalue weighted by atomic mass is 16.2. The molecule has 1 N–H and O–H groups in total. The van der Waals surface area contributed by atoms with Crippen LogP contribution in [0.4, 0.5) is 0 Å². The maximum atomic E-state index is 13.2. The van der Waals surface area contributed by atoms with Gasteiger partial charge in [0.15, 0.2) is 0 Å². The number of hydrogen-bond donors (Lipinski definition) is 1. The molecule has 2 aromatic heterocycles. The van der Waals surface area contributed by atoms with Gasteiger partial charge in [-0.1, -0.05) is 31.2 Å². The van der Waals surface area contributed by atoms with Crippen molar-refractivity contribution >= 4 is 5.91 Å². The summed E-state index contributed by atoms with van der Waals surface area (Å²) < 4.78 is 1.84. The molecule has 2 heterocycles. The normalized spacial score (nSPS) is 13.7. The summed E-state index contributed by atoms with van der Waals surface area (Å²) in [6, 6.07) is 10.7. The summed E-state index contributed by atoms with van der Waals surface area (Å²) in [6.07, 6.45) is 3.16. The Bertz CT molecular complexity index is 995. The molecule has 0 bridgehead atoms. The fourth-order valence-electron chi connectivity index (χ4n) is 3.69. The topological polar surface area (TPSA) is 66.8 Å². The lowest BCUT2D eigenvalue weighted by atomic mass is 10.1. The molecule has 1 saturated carbocycles. The van der Waals surface area contributed by atoms with Crippen LogP contribution in [0.2, 0.25) is 0 Å². The first-order chi connectivity index (χ1) is 13.5. The summed E-state index contributed by atoms with van der Waals surface area (Å²) >= 11 is 0. The maximum Gasteiger partial charge on any atom is 0.272 e. The Kier molecular flexibility index (Phi) is 4.79. The molecule has 6 heteroatoms. The van der Waals surface area contributed by atoms with Crippen molar-refractivity contribution in [2.75, 3.05) is 0 Å². The van der Waals surface area contributed by atoms with Crippen molar-refractivity contribution in [1.29, 1.82) is 0 Å². The molecule has 3 aromatic rings. The van der Waals surface area contributed by atoms with Gasteiger partial charge in [0.2, 0.25) is 0 Å². The van der Waals surface area contributed by atoms with E-state index in [1.54, 1.807) is 0 Å². The molecular weight excluding hydrogens is 350 g/mol. The minimum atomic E-state index is 0.0139. The zero-order valence-electron chi connectivity index (χ0n) is 17.0. The van der Waals surface area contributed by atoms with Crippen LogP contribution in [0.5, 0.6) is 0 Å². The van der Waals surface area contributed by atoms with Gasteiger partial charge in [-0.2, -0.15) is 10.2 Å². The summed E-state index contributed by atoms with van der Waals surface area (Å²) in [5.74, 6) is 0.0139. The van der Waals surface area contributed by atoms with Gasteiger partial charge in [-0.15, -0.1) is 0 Å². The Hall–Kier alpha value is -2.89. The Morgan fingerprint density at radius 3 is 2.46 bits per heavy atom. The summed E-state index contributed by atoms with van der Waals surface area (Å²) in [4.78, 5) is 15.2. The third-order valence-corrected chi connectivity index (χ3v) is 5.61. The van der Waals surface area contributed by atoms with Gasteiger partial charge in [0.25, 0.3) is 5.91 Å². The van der Waals surface area contributed by atoms with E-state index in [1.165, 1.54) is 5.56 Å². The summed E-state index contributed by atoms with van der Waals surface area (Å²) in [7, 11) is 1.92. The van der Waals surface area contributed by atoms with Crippen LogP contribution in [0.25, 0.3) is 11.3 Å². The molecule has 28 heavy (non-hydrogen) atoms. The van der Waals surface area contributed by atoms with E-state index in [4.69, 9.17) is 0 Å². The Balaban J connectivity index is 1.57. The van der Waals surface area contributed by atoms with Crippen LogP contribution in [-0.2, 0) is 20.0 Å². The summed E-state index contributed by atoms with van der Waals surface area (Å²) in [5, 5.41) is 11.8. The number of nitrogens with one attached hydrogen (secondary N) is 1. The summed E-state index contributed by atoms with van der Waals surface area (Å²) in [6.45, 7) is 6.76. The first-order valence-corrected chi connectivity index (χ1v) is 9.92. The number of aromatic nitrogens is 4. The molecule has 0 saturated heterocycles. The number of H-pyrrole nitrogens is 1. The number of aryl methyl sites for hydroxylation is 3. The van der Waals surface area contributed by atoms with E-state index in [0.29, 0.717) is 18.3 Å². The molecule has 4 rings (SSSR count).